The lowest BCUT2D eigenvalue weighted by Gasteiger charge is -2.38. The number of nitrogens with zero attached hydrogens (tertiary/aromatic N) is 6. The predicted octanol–water partition coefficient (Wildman–Crippen LogP) is 4.72. The number of carboxylic acid groups (broad SMARTS) is 3. The Morgan fingerprint density at radius 3 is 1.73 bits per heavy atom. The van der Waals surface area contributed by atoms with E-state index in [4.69, 9.17) is 34.7 Å². The van der Waals surface area contributed by atoms with Gasteiger partial charge in [-0.05, 0) is 49.7 Å². The predicted molar refractivity (Wildman–Crippen MR) is 153 cm³/mol. The van der Waals surface area contributed by atoms with Crippen molar-refractivity contribution in [3.63, 3.8) is 0 Å². The van der Waals surface area contributed by atoms with Gasteiger partial charge in [-0.1, -0.05) is 6.07 Å². The van der Waals surface area contributed by atoms with Gasteiger partial charge < -0.3 is 20.2 Å². The maximum absolute atomic E-state index is 10.6. The highest BCUT2D eigenvalue weighted by Crippen LogP contribution is 2.28. The third kappa shape index (κ3) is 13.0. The van der Waals surface area contributed by atoms with Crippen LogP contribution in [0.3, 0.4) is 0 Å². The van der Waals surface area contributed by atoms with E-state index in [0.717, 1.165) is 44.9 Å². The number of carbonyl (C=O) groups is 3. The summed E-state index contributed by atoms with van der Waals surface area (Å²) in [4.78, 5) is 43.3. The van der Waals surface area contributed by atoms with E-state index in [1.54, 1.807) is 0 Å². The molecule has 2 saturated heterocycles. The Morgan fingerprint density at radius 1 is 0.776 bits per heavy atom. The number of rotatable bonds is 4. The number of likely N-dealkylation sites (N-methyl/N-ethyl adjacent to an activating group) is 1. The normalized spacial score (nSPS) is 17.2. The van der Waals surface area contributed by atoms with Gasteiger partial charge in [0, 0.05) is 57.9 Å². The van der Waals surface area contributed by atoms with Gasteiger partial charge in [0.05, 0.1) is 11.7 Å². The Kier molecular flexibility index (Phi) is 14.2. The lowest BCUT2D eigenvalue weighted by molar-refractivity contribution is -0.193. The quantitative estimate of drug-likeness (QED) is 0.322. The Hall–Kier alpha value is -4.66. The fourth-order valence-corrected chi connectivity index (χ4v) is 4.52. The van der Waals surface area contributed by atoms with Crippen LogP contribution < -0.4 is 4.90 Å². The summed E-state index contributed by atoms with van der Waals surface area (Å²) in [6.07, 6.45) is -6.66. The van der Waals surface area contributed by atoms with Crippen LogP contribution in [0.4, 0.5) is 45.3 Å². The second-order valence-electron chi connectivity index (χ2n) is 10.5. The van der Waals surface area contributed by atoms with Crippen molar-refractivity contribution in [2.24, 2.45) is 0 Å². The molecular formula is C28H31F9N6O6. The molecule has 5 heterocycles. The number of aliphatic carboxylic acids is 3. The number of imidazole rings is 1. The number of hydrogen-bond acceptors (Lipinski definition) is 8. The standard InChI is InChI=1S/C22H28N6.3C2HF3O2/c1-25-13-14-26(15-18-7-9-23-10-8-18)17-20(25)19-16-28-21(24-19)5-4-6-22(28)27-11-2-3-12-27;3*3-2(4,5)1(6)7/h4-10,16,20H,2-3,11-15,17H2,1H3;3*(H,6,7). The highest BCUT2D eigenvalue weighted by atomic mass is 19.4. The highest BCUT2D eigenvalue weighted by Gasteiger charge is 2.39. The SMILES string of the molecule is CN1CCN(Cc2ccncc2)CC1c1cn2c(N3CCCC3)cccc2n1.O=C(O)C(F)(F)F.O=C(O)C(F)(F)F.O=C(O)C(F)(F)F. The van der Waals surface area contributed by atoms with Crippen LogP contribution in [0.5, 0.6) is 0 Å². The molecule has 3 N–H and O–H groups in total. The first kappa shape index (κ1) is 40.5. The average Bonchev–Trinajstić information content (AvgIpc) is 3.69. The molecule has 21 heteroatoms. The summed E-state index contributed by atoms with van der Waals surface area (Å²) in [5, 5.41) is 21.4. The van der Waals surface area contributed by atoms with Gasteiger partial charge >= 0.3 is 36.4 Å². The molecule has 49 heavy (non-hydrogen) atoms. The van der Waals surface area contributed by atoms with E-state index >= 15 is 0 Å². The molecule has 0 bridgehead atoms. The maximum Gasteiger partial charge on any atom is 0.490 e. The van der Waals surface area contributed by atoms with E-state index in [1.807, 2.05) is 12.4 Å². The van der Waals surface area contributed by atoms with Crippen molar-refractivity contribution < 1.29 is 69.2 Å². The van der Waals surface area contributed by atoms with Crippen molar-refractivity contribution in [3.05, 3.63) is 60.2 Å². The molecule has 12 nitrogen and oxygen atoms in total. The molecule has 0 amide bonds. The molecule has 0 aromatic carbocycles. The minimum Gasteiger partial charge on any atom is -0.475 e. The fraction of sp³-hybridized carbons (Fsp3) is 0.464. The van der Waals surface area contributed by atoms with Crippen molar-refractivity contribution in [2.45, 2.75) is 44.0 Å². The molecule has 1 atom stereocenters. The van der Waals surface area contributed by atoms with E-state index in [1.165, 1.54) is 29.9 Å². The van der Waals surface area contributed by atoms with Gasteiger partial charge in [-0.2, -0.15) is 39.5 Å². The summed E-state index contributed by atoms with van der Waals surface area (Å²) < 4.78 is 97.5. The van der Waals surface area contributed by atoms with Crippen LogP contribution in [-0.2, 0) is 20.9 Å². The maximum atomic E-state index is 10.6. The summed E-state index contributed by atoms with van der Waals surface area (Å²) in [5.74, 6) is -6.99. The zero-order valence-electron chi connectivity index (χ0n) is 25.5. The zero-order chi connectivity index (χ0) is 37.2. The molecule has 2 fully saturated rings. The summed E-state index contributed by atoms with van der Waals surface area (Å²) in [6.45, 7) is 6.41. The van der Waals surface area contributed by atoms with Crippen LogP contribution in [0.1, 0.15) is 30.1 Å². The van der Waals surface area contributed by atoms with Gasteiger partial charge in [-0.3, -0.25) is 19.2 Å². The number of pyridine rings is 2. The molecule has 2 aliphatic rings. The Balaban J connectivity index is 0.000000325. The lowest BCUT2D eigenvalue weighted by Crippen LogP contribution is -2.46. The summed E-state index contributed by atoms with van der Waals surface area (Å²) in [5.41, 5.74) is 3.55. The number of halogens is 9. The minimum atomic E-state index is -5.08. The molecule has 272 valence electrons. The van der Waals surface area contributed by atoms with Crippen molar-refractivity contribution in [3.8, 4) is 0 Å². The Bertz CT molecular complexity index is 1470. The van der Waals surface area contributed by atoms with Crippen LogP contribution in [0, 0.1) is 0 Å². The van der Waals surface area contributed by atoms with E-state index in [0.29, 0.717) is 6.04 Å². The fourth-order valence-electron chi connectivity index (χ4n) is 4.52. The topological polar surface area (TPSA) is 152 Å². The summed E-state index contributed by atoms with van der Waals surface area (Å²) in [6, 6.07) is 11.0. The molecule has 2 aliphatic heterocycles. The van der Waals surface area contributed by atoms with E-state index < -0.39 is 36.4 Å². The van der Waals surface area contributed by atoms with Gasteiger partial charge in [-0.15, -0.1) is 0 Å². The van der Waals surface area contributed by atoms with Crippen molar-refractivity contribution in [1.29, 1.82) is 0 Å². The first-order valence-electron chi connectivity index (χ1n) is 14.1. The van der Waals surface area contributed by atoms with E-state index in [9.17, 15) is 39.5 Å². The number of alkyl halides is 9. The van der Waals surface area contributed by atoms with Crippen LogP contribution in [0.2, 0.25) is 0 Å². The number of aromatic nitrogens is 3. The number of hydrogen-bond donors (Lipinski definition) is 3. The van der Waals surface area contributed by atoms with E-state index in [2.05, 4.69) is 67.7 Å². The van der Waals surface area contributed by atoms with Crippen LogP contribution in [0.15, 0.2) is 48.9 Å². The summed E-state index contributed by atoms with van der Waals surface area (Å²) in [7, 11) is 2.22. The van der Waals surface area contributed by atoms with Crippen LogP contribution >= 0.6 is 0 Å². The first-order chi connectivity index (χ1) is 22.6. The van der Waals surface area contributed by atoms with Gasteiger partial charge in [-0.25, -0.2) is 19.4 Å². The number of piperazine rings is 1. The molecular weight excluding hydrogens is 687 g/mol. The summed E-state index contributed by atoms with van der Waals surface area (Å²) >= 11 is 0. The second-order valence-corrected chi connectivity index (χ2v) is 10.5. The largest absolute Gasteiger partial charge is 0.490 e. The number of carboxylic acids is 3. The van der Waals surface area contributed by atoms with Gasteiger partial charge in [0.1, 0.15) is 11.5 Å². The highest BCUT2D eigenvalue weighted by molar-refractivity contribution is 5.73. The lowest BCUT2D eigenvalue weighted by atomic mass is 10.1. The number of fused-ring (bicyclic) bond motifs is 1. The van der Waals surface area contributed by atoms with Crippen molar-refractivity contribution in [2.75, 3.05) is 44.7 Å². The third-order valence-electron chi connectivity index (χ3n) is 6.88. The second kappa shape index (κ2) is 17.1. The van der Waals surface area contributed by atoms with Gasteiger partial charge in [0.2, 0.25) is 0 Å². The van der Waals surface area contributed by atoms with Crippen LogP contribution in [0.25, 0.3) is 5.65 Å². The van der Waals surface area contributed by atoms with E-state index in [-0.39, 0.29) is 0 Å². The molecule has 1 unspecified atom stereocenters. The zero-order valence-corrected chi connectivity index (χ0v) is 25.5. The van der Waals surface area contributed by atoms with Gasteiger partial charge in [0.25, 0.3) is 0 Å². The molecule has 0 aliphatic carbocycles. The van der Waals surface area contributed by atoms with Crippen molar-refractivity contribution in [1.82, 2.24) is 24.2 Å². The van der Waals surface area contributed by atoms with Crippen molar-refractivity contribution >= 4 is 29.4 Å². The molecule has 0 saturated carbocycles. The third-order valence-corrected chi connectivity index (χ3v) is 6.88. The molecule has 5 rings (SSSR count). The van der Waals surface area contributed by atoms with Crippen LogP contribution in [-0.4, -0.2) is 116 Å². The monoisotopic (exact) mass is 718 g/mol. The smallest absolute Gasteiger partial charge is 0.475 e. The molecule has 3 aromatic rings. The molecule has 0 radical (unpaired) electrons. The Labute approximate surface area is 272 Å². The number of anilines is 1. The molecule has 0 spiro atoms. The Morgan fingerprint density at radius 2 is 1.27 bits per heavy atom. The van der Waals surface area contributed by atoms with Gasteiger partial charge in [0.15, 0.2) is 0 Å². The first-order valence-corrected chi connectivity index (χ1v) is 14.1. The minimum absolute atomic E-state index is 0.321. The molecule has 3 aromatic heterocycles. The average molecular weight is 719 g/mol.